The number of nitrogens with zero attached hydrogens (tertiary/aromatic N) is 1. The van der Waals surface area contributed by atoms with E-state index in [2.05, 4.69) is 6.58 Å². The number of hydrogen-bond donors (Lipinski definition) is 1. The molecule has 1 N–H and O–H groups in total. The van der Waals surface area contributed by atoms with Crippen molar-refractivity contribution in [2.24, 2.45) is 11.8 Å². The predicted molar refractivity (Wildman–Crippen MR) is 88.8 cm³/mol. The fourth-order valence-electron chi connectivity index (χ4n) is 4.02. The van der Waals surface area contributed by atoms with E-state index in [0.717, 1.165) is 0 Å². The van der Waals surface area contributed by atoms with Crippen LogP contribution in [0.1, 0.15) is 27.2 Å². The second kappa shape index (κ2) is 5.93. The van der Waals surface area contributed by atoms with Crippen molar-refractivity contribution in [2.45, 2.75) is 44.9 Å². The van der Waals surface area contributed by atoms with Gasteiger partial charge in [-0.3, -0.25) is 0 Å². The first-order valence-corrected chi connectivity index (χ1v) is 8.64. The van der Waals surface area contributed by atoms with E-state index < -0.39 is 46.2 Å². The zero-order valence-electron chi connectivity index (χ0n) is 14.9. The van der Waals surface area contributed by atoms with Crippen molar-refractivity contribution >= 4 is 11.9 Å². The lowest BCUT2D eigenvalue weighted by atomic mass is 9.78. The predicted octanol–water partition coefficient (Wildman–Crippen LogP) is 1.06. The molecule has 0 saturated carbocycles. The number of carbonyl (C=O) groups is 2. The molecule has 0 amide bonds. The molecule has 25 heavy (non-hydrogen) atoms. The van der Waals surface area contributed by atoms with E-state index >= 15 is 0 Å². The van der Waals surface area contributed by atoms with Gasteiger partial charge in [0.15, 0.2) is 17.7 Å². The number of cyclic esters (lactones) is 1. The number of quaternary nitrogens is 1. The van der Waals surface area contributed by atoms with Crippen LogP contribution < -0.4 is 0 Å². The monoisotopic (exact) mass is 351 g/mol. The van der Waals surface area contributed by atoms with Crippen molar-refractivity contribution in [1.29, 1.82) is 0 Å². The highest BCUT2D eigenvalue weighted by Gasteiger charge is 2.51. The Morgan fingerprint density at radius 1 is 1.40 bits per heavy atom. The lowest BCUT2D eigenvalue weighted by Gasteiger charge is -2.41. The van der Waals surface area contributed by atoms with Gasteiger partial charge in [-0.1, -0.05) is 20.4 Å². The average molecular weight is 351 g/mol. The zero-order chi connectivity index (χ0) is 18.6. The SMILES string of the molecule is C=C1C(=O)OC2CC[N+]3([O-])CC=C(COC(=O)C(C)(O)C(C)C1C)C23. The van der Waals surface area contributed by atoms with Crippen LogP contribution in [0.4, 0.5) is 0 Å². The molecule has 138 valence electrons. The maximum atomic E-state index is 12.9. The summed E-state index contributed by atoms with van der Waals surface area (Å²) in [6.07, 6.45) is 1.68. The van der Waals surface area contributed by atoms with Crippen molar-refractivity contribution in [3.63, 3.8) is 0 Å². The minimum Gasteiger partial charge on any atom is -0.632 e. The normalized spacial score (nSPS) is 45.0. The second-order valence-corrected chi connectivity index (χ2v) is 7.64. The summed E-state index contributed by atoms with van der Waals surface area (Å²) in [5, 5.41) is 23.5. The number of ether oxygens (including phenoxy) is 2. The van der Waals surface area contributed by atoms with Gasteiger partial charge in [-0.15, -0.1) is 0 Å². The molecule has 0 bridgehead atoms. The van der Waals surface area contributed by atoms with Gasteiger partial charge in [-0.25, -0.2) is 9.59 Å². The molecule has 2 fully saturated rings. The zero-order valence-corrected chi connectivity index (χ0v) is 14.9. The summed E-state index contributed by atoms with van der Waals surface area (Å²) in [5.41, 5.74) is -0.943. The Morgan fingerprint density at radius 2 is 2.08 bits per heavy atom. The van der Waals surface area contributed by atoms with E-state index in [1.807, 2.05) is 0 Å². The third-order valence-corrected chi connectivity index (χ3v) is 6.18. The van der Waals surface area contributed by atoms with Crippen LogP contribution in [0.15, 0.2) is 23.8 Å². The lowest BCUT2D eigenvalue weighted by Crippen LogP contribution is -2.50. The quantitative estimate of drug-likeness (QED) is 0.230. The summed E-state index contributed by atoms with van der Waals surface area (Å²) in [6, 6.07) is -0.554. The number of esters is 2. The first kappa shape index (κ1) is 18.1. The molecule has 0 radical (unpaired) electrons. The smallest absolute Gasteiger partial charge is 0.338 e. The van der Waals surface area contributed by atoms with E-state index in [0.29, 0.717) is 18.5 Å². The molecule has 0 aromatic heterocycles. The Kier molecular flexibility index (Phi) is 4.29. The fraction of sp³-hybridized carbons (Fsp3) is 0.667. The molecule has 3 rings (SSSR count). The van der Waals surface area contributed by atoms with Gasteiger partial charge in [0.05, 0.1) is 13.1 Å². The molecule has 3 heterocycles. The number of carbonyl (C=O) groups excluding carboxylic acids is 2. The van der Waals surface area contributed by atoms with Gasteiger partial charge in [0.2, 0.25) is 0 Å². The van der Waals surface area contributed by atoms with Gasteiger partial charge in [0.25, 0.3) is 0 Å². The van der Waals surface area contributed by atoms with Crippen LogP contribution in [-0.2, 0) is 19.1 Å². The van der Waals surface area contributed by atoms with Crippen LogP contribution in [0.25, 0.3) is 0 Å². The molecule has 2 saturated heterocycles. The van der Waals surface area contributed by atoms with E-state index in [9.17, 15) is 19.9 Å². The summed E-state index contributed by atoms with van der Waals surface area (Å²) in [4.78, 5) is 24.9. The second-order valence-electron chi connectivity index (χ2n) is 7.64. The van der Waals surface area contributed by atoms with Crippen molar-refractivity contribution < 1.29 is 28.8 Å². The largest absolute Gasteiger partial charge is 0.632 e. The Labute approximate surface area is 147 Å². The topological polar surface area (TPSA) is 95.9 Å². The van der Waals surface area contributed by atoms with Gasteiger partial charge < -0.3 is 24.4 Å². The highest BCUT2D eigenvalue weighted by molar-refractivity contribution is 5.89. The molecule has 7 heteroatoms. The van der Waals surface area contributed by atoms with Crippen molar-refractivity contribution in [1.82, 2.24) is 0 Å². The van der Waals surface area contributed by atoms with Crippen molar-refractivity contribution in [3.05, 3.63) is 29.0 Å². The molecule has 0 aliphatic carbocycles. The van der Waals surface area contributed by atoms with Crippen LogP contribution in [0.3, 0.4) is 0 Å². The standard InChI is InChI=1S/C18H25NO6/c1-10-11(2)16(20)25-14-6-8-19(23)7-5-13(15(14)19)9-24-17(21)18(4,22)12(10)3/h5,10,12,14-15,22H,2,6-9H2,1,3-4H3. The van der Waals surface area contributed by atoms with Gasteiger partial charge in [-0.2, -0.15) is 0 Å². The van der Waals surface area contributed by atoms with E-state index in [1.54, 1.807) is 19.9 Å². The summed E-state index contributed by atoms with van der Waals surface area (Å²) < 4.78 is 10.4. The number of hydrogen-bond acceptors (Lipinski definition) is 6. The molecule has 6 unspecified atom stereocenters. The molecule has 6 atom stereocenters. The van der Waals surface area contributed by atoms with Gasteiger partial charge >= 0.3 is 11.9 Å². The lowest BCUT2D eigenvalue weighted by molar-refractivity contribution is -0.877. The minimum atomic E-state index is -1.78. The third kappa shape index (κ3) is 2.80. The molecule has 0 aromatic carbocycles. The van der Waals surface area contributed by atoms with E-state index in [4.69, 9.17) is 9.47 Å². The summed E-state index contributed by atoms with van der Waals surface area (Å²) in [7, 11) is 0. The average Bonchev–Trinajstić information content (AvgIpc) is 3.05. The maximum Gasteiger partial charge on any atom is 0.338 e. The van der Waals surface area contributed by atoms with Crippen LogP contribution in [-0.4, -0.2) is 59.1 Å². The van der Waals surface area contributed by atoms with Gasteiger partial charge in [0.1, 0.15) is 6.61 Å². The summed E-state index contributed by atoms with van der Waals surface area (Å²) in [5.74, 6) is -2.42. The number of hydroxylamine groups is 3. The highest BCUT2D eigenvalue weighted by atomic mass is 16.6. The first-order chi connectivity index (χ1) is 11.6. The molecule has 7 nitrogen and oxygen atoms in total. The highest BCUT2D eigenvalue weighted by Crippen LogP contribution is 2.39. The summed E-state index contributed by atoms with van der Waals surface area (Å²) >= 11 is 0. The Bertz CT molecular complexity index is 654. The van der Waals surface area contributed by atoms with Crippen molar-refractivity contribution in [3.8, 4) is 0 Å². The number of rotatable bonds is 0. The minimum absolute atomic E-state index is 0.0714. The maximum absolute atomic E-state index is 12.9. The first-order valence-electron chi connectivity index (χ1n) is 8.64. The fourth-order valence-corrected chi connectivity index (χ4v) is 4.02. The summed E-state index contributed by atoms with van der Waals surface area (Å²) in [6.45, 7) is 9.11. The van der Waals surface area contributed by atoms with Crippen LogP contribution >= 0.6 is 0 Å². The molecule has 0 aromatic rings. The Balaban J connectivity index is 1.95. The van der Waals surface area contributed by atoms with E-state index in [-0.39, 0.29) is 18.7 Å². The third-order valence-electron chi connectivity index (χ3n) is 6.18. The molecule has 0 spiro atoms. The van der Waals surface area contributed by atoms with E-state index in [1.165, 1.54) is 6.92 Å². The number of aliphatic hydroxyl groups is 1. The van der Waals surface area contributed by atoms with Crippen LogP contribution in [0.2, 0.25) is 0 Å². The molecular formula is C18H25NO6. The van der Waals surface area contributed by atoms with Crippen LogP contribution in [0.5, 0.6) is 0 Å². The molecular weight excluding hydrogens is 326 g/mol. The van der Waals surface area contributed by atoms with Gasteiger partial charge in [-0.05, 0) is 18.9 Å². The van der Waals surface area contributed by atoms with Gasteiger partial charge in [0, 0.05) is 23.5 Å². The van der Waals surface area contributed by atoms with Crippen LogP contribution in [0, 0.1) is 17.0 Å². The molecule has 3 aliphatic heterocycles. The Morgan fingerprint density at radius 3 is 2.76 bits per heavy atom. The molecule has 3 aliphatic rings. The van der Waals surface area contributed by atoms with Crippen molar-refractivity contribution in [2.75, 3.05) is 19.7 Å². The Hall–Kier alpha value is -1.70.